The first-order valence-corrected chi connectivity index (χ1v) is 6.75. The van der Waals surface area contributed by atoms with Crippen molar-refractivity contribution in [3.63, 3.8) is 0 Å². The van der Waals surface area contributed by atoms with Gasteiger partial charge in [-0.3, -0.25) is 14.5 Å². The summed E-state index contributed by atoms with van der Waals surface area (Å²) >= 11 is 0. The quantitative estimate of drug-likeness (QED) is 0.600. The second-order valence-electron chi connectivity index (χ2n) is 4.75. The number of nitriles is 1. The van der Waals surface area contributed by atoms with Gasteiger partial charge in [-0.1, -0.05) is 0 Å². The molecule has 0 N–H and O–H groups in total. The number of unbranched alkanes of at least 4 members (excludes halogenated alkanes) is 1. The van der Waals surface area contributed by atoms with E-state index in [4.69, 9.17) is 10.00 Å². The first-order valence-electron chi connectivity index (χ1n) is 6.75. The normalized spacial score (nSPS) is 15.0. The fraction of sp³-hybridized carbons (Fsp3) is 0.400. The van der Waals surface area contributed by atoms with Crippen molar-refractivity contribution in [2.24, 2.45) is 0 Å². The third-order valence-corrected chi connectivity index (χ3v) is 3.36. The van der Waals surface area contributed by atoms with E-state index in [1.165, 1.54) is 4.90 Å². The number of nitrogens with zero attached hydrogens (tertiary/aromatic N) is 3. The maximum Gasteiger partial charge on any atom is 0.248 e. The summed E-state index contributed by atoms with van der Waals surface area (Å²) in [5.74, 6) is 0.284. The predicted molar refractivity (Wildman–Crippen MR) is 76.8 cm³/mol. The van der Waals surface area contributed by atoms with E-state index in [0.717, 1.165) is 11.4 Å². The van der Waals surface area contributed by atoms with Gasteiger partial charge in [0, 0.05) is 18.7 Å². The van der Waals surface area contributed by atoms with Crippen LogP contribution in [0.15, 0.2) is 24.3 Å². The maximum atomic E-state index is 12.1. The number of hydrogen-bond acceptors (Lipinski definition) is 5. The molecule has 110 valence electrons. The first kappa shape index (κ1) is 14.9. The SMILES string of the molecule is COc1ccc(N2CC(=O)N(CCCC#N)C(=O)C2)cc1. The summed E-state index contributed by atoms with van der Waals surface area (Å²) in [5.41, 5.74) is 0.814. The zero-order valence-electron chi connectivity index (χ0n) is 11.9. The van der Waals surface area contributed by atoms with E-state index in [9.17, 15) is 9.59 Å². The van der Waals surface area contributed by atoms with Crippen molar-refractivity contribution < 1.29 is 14.3 Å². The van der Waals surface area contributed by atoms with Gasteiger partial charge < -0.3 is 9.64 Å². The third-order valence-electron chi connectivity index (χ3n) is 3.36. The molecule has 1 saturated heterocycles. The van der Waals surface area contributed by atoms with Gasteiger partial charge in [0.2, 0.25) is 11.8 Å². The number of hydrogen-bond donors (Lipinski definition) is 0. The standard InChI is InChI=1S/C15H17N3O3/c1-21-13-6-4-12(5-7-13)17-10-14(19)18(15(20)11-17)9-3-2-8-16/h4-7H,2-3,9-11H2,1H3. The predicted octanol–water partition coefficient (Wildman–Crippen LogP) is 1.17. The molecule has 21 heavy (non-hydrogen) atoms. The van der Waals surface area contributed by atoms with E-state index >= 15 is 0 Å². The van der Waals surface area contributed by atoms with E-state index < -0.39 is 0 Å². The Balaban J connectivity index is 2.02. The van der Waals surface area contributed by atoms with Gasteiger partial charge in [0.25, 0.3) is 0 Å². The molecule has 1 aromatic carbocycles. The van der Waals surface area contributed by atoms with Crippen molar-refractivity contribution in [3.05, 3.63) is 24.3 Å². The summed E-state index contributed by atoms with van der Waals surface area (Å²) in [7, 11) is 1.59. The molecule has 0 radical (unpaired) electrons. The Hall–Kier alpha value is -2.55. The Labute approximate surface area is 123 Å². The van der Waals surface area contributed by atoms with Crippen LogP contribution in [0.3, 0.4) is 0 Å². The van der Waals surface area contributed by atoms with Crippen LogP contribution in [0.1, 0.15) is 12.8 Å². The van der Waals surface area contributed by atoms with Gasteiger partial charge in [-0.2, -0.15) is 5.26 Å². The Morgan fingerprint density at radius 1 is 1.19 bits per heavy atom. The minimum atomic E-state index is -0.222. The molecule has 1 fully saturated rings. The minimum absolute atomic E-state index is 0.171. The van der Waals surface area contributed by atoms with Crippen molar-refractivity contribution in [2.75, 3.05) is 31.6 Å². The number of amides is 2. The number of anilines is 1. The van der Waals surface area contributed by atoms with Crippen LogP contribution in [0.5, 0.6) is 5.75 Å². The molecule has 6 nitrogen and oxygen atoms in total. The third kappa shape index (κ3) is 3.51. The molecule has 1 aliphatic heterocycles. The van der Waals surface area contributed by atoms with Gasteiger partial charge in [0.05, 0.1) is 26.3 Å². The lowest BCUT2D eigenvalue weighted by Crippen LogP contribution is -2.54. The molecule has 0 atom stereocenters. The number of carbonyl (C=O) groups excluding carboxylic acids is 2. The highest BCUT2D eigenvalue weighted by molar-refractivity contribution is 6.02. The number of piperazine rings is 1. The molecular formula is C15H17N3O3. The lowest BCUT2D eigenvalue weighted by molar-refractivity contribution is -0.145. The molecule has 2 rings (SSSR count). The molecular weight excluding hydrogens is 270 g/mol. The van der Waals surface area contributed by atoms with Gasteiger partial charge in [0.1, 0.15) is 5.75 Å². The molecule has 0 spiro atoms. The van der Waals surface area contributed by atoms with Gasteiger partial charge in [-0.25, -0.2) is 0 Å². The van der Waals surface area contributed by atoms with E-state index in [2.05, 4.69) is 0 Å². The smallest absolute Gasteiger partial charge is 0.248 e. The first-order chi connectivity index (χ1) is 10.2. The van der Waals surface area contributed by atoms with Crippen LogP contribution >= 0.6 is 0 Å². The lowest BCUT2D eigenvalue weighted by Gasteiger charge is -2.34. The lowest BCUT2D eigenvalue weighted by atomic mass is 10.2. The largest absolute Gasteiger partial charge is 0.497 e. The van der Waals surface area contributed by atoms with E-state index in [-0.39, 0.29) is 24.9 Å². The molecule has 0 aliphatic carbocycles. The number of rotatable bonds is 5. The summed E-state index contributed by atoms with van der Waals surface area (Å²) in [6.45, 7) is 0.664. The van der Waals surface area contributed by atoms with Gasteiger partial charge in [-0.15, -0.1) is 0 Å². The zero-order chi connectivity index (χ0) is 15.2. The monoisotopic (exact) mass is 287 g/mol. The summed E-state index contributed by atoms with van der Waals surface area (Å²) < 4.78 is 5.08. The highest BCUT2D eigenvalue weighted by atomic mass is 16.5. The summed E-state index contributed by atoms with van der Waals surface area (Å²) in [6, 6.07) is 9.25. The number of carbonyl (C=O) groups is 2. The Morgan fingerprint density at radius 3 is 2.33 bits per heavy atom. The molecule has 0 bridgehead atoms. The Bertz CT molecular complexity index is 545. The molecule has 0 saturated carbocycles. The van der Waals surface area contributed by atoms with Crippen LogP contribution < -0.4 is 9.64 Å². The zero-order valence-corrected chi connectivity index (χ0v) is 11.9. The molecule has 0 aromatic heterocycles. The van der Waals surface area contributed by atoms with Crippen LogP contribution in [-0.4, -0.2) is 43.5 Å². The number of imide groups is 1. The van der Waals surface area contributed by atoms with Crippen LogP contribution in [0, 0.1) is 11.3 Å². The van der Waals surface area contributed by atoms with Crippen LogP contribution in [-0.2, 0) is 9.59 Å². The molecule has 1 aliphatic rings. The number of ether oxygens (including phenoxy) is 1. The second-order valence-corrected chi connectivity index (χ2v) is 4.75. The van der Waals surface area contributed by atoms with E-state index in [1.807, 2.05) is 18.2 Å². The van der Waals surface area contributed by atoms with E-state index in [0.29, 0.717) is 19.4 Å². The highest BCUT2D eigenvalue weighted by Gasteiger charge is 2.30. The second kappa shape index (κ2) is 6.75. The fourth-order valence-corrected chi connectivity index (χ4v) is 2.23. The van der Waals surface area contributed by atoms with Crippen LogP contribution in [0.25, 0.3) is 0 Å². The highest BCUT2D eigenvalue weighted by Crippen LogP contribution is 2.21. The Kier molecular flexibility index (Phi) is 4.77. The molecule has 6 heteroatoms. The van der Waals surface area contributed by atoms with Crippen LogP contribution in [0.4, 0.5) is 5.69 Å². The maximum absolute atomic E-state index is 12.1. The molecule has 1 heterocycles. The summed E-state index contributed by atoms with van der Waals surface area (Å²) in [6.07, 6.45) is 0.871. The van der Waals surface area contributed by atoms with Crippen molar-refractivity contribution in [2.45, 2.75) is 12.8 Å². The topological polar surface area (TPSA) is 73.6 Å². The van der Waals surface area contributed by atoms with Gasteiger partial charge >= 0.3 is 0 Å². The summed E-state index contributed by atoms with van der Waals surface area (Å²) in [5, 5.41) is 8.50. The van der Waals surface area contributed by atoms with Crippen molar-refractivity contribution >= 4 is 17.5 Å². The van der Waals surface area contributed by atoms with Crippen molar-refractivity contribution in [1.29, 1.82) is 5.26 Å². The molecule has 0 unspecified atom stereocenters. The van der Waals surface area contributed by atoms with E-state index in [1.54, 1.807) is 24.1 Å². The molecule has 1 aromatic rings. The minimum Gasteiger partial charge on any atom is -0.497 e. The van der Waals surface area contributed by atoms with Gasteiger partial charge in [-0.05, 0) is 30.7 Å². The average molecular weight is 287 g/mol. The fourth-order valence-electron chi connectivity index (χ4n) is 2.23. The summed E-state index contributed by atoms with van der Waals surface area (Å²) in [4.78, 5) is 27.1. The van der Waals surface area contributed by atoms with Crippen LogP contribution in [0.2, 0.25) is 0 Å². The Morgan fingerprint density at radius 2 is 1.81 bits per heavy atom. The van der Waals surface area contributed by atoms with Crippen molar-refractivity contribution in [1.82, 2.24) is 4.90 Å². The number of methoxy groups -OCH3 is 1. The van der Waals surface area contributed by atoms with Gasteiger partial charge in [0.15, 0.2) is 0 Å². The molecule has 2 amide bonds. The average Bonchev–Trinajstić information content (AvgIpc) is 2.50. The number of benzene rings is 1. The van der Waals surface area contributed by atoms with Crippen molar-refractivity contribution in [3.8, 4) is 11.8 Å².